The molecule has 2 rings (SSSR count). The van der Waals surface area contributed by atoms with Crippen LogP contribution in [0.2, 0.25) is 0 Å². The van der Waals surface area contributed by atoms with Gasteiger partial charge in [0.15, 0.2) is 0 Å². The number of rotatable bonds is 4. The Hall–Kier alpha value is -1.35. The van der Waals surface area contributed by atoms with E-state index in [9.17, 15) is 4.79 Å². The van der Waals surface area contributed by atoms with Crippen LogP contribution in [-0.4, -0.2) is 18.0 Å². The Labute approximate surface area is 109 Å². The summed E-state index contributed by atoms with van der Waals surface area (Å²) in [5, 5.41) is 6.39. The lowest BCUT2D eigenvalue weighted by molar-refractivity contribution is -0.124. The van der Waals surface area contributed by atoms with E-state index in [0.29, 0.717) is 0 Å². The number of benzene rings is 1. The minimum absolute atomic E-state index is 0.0841. The second-order valence-corrected chi connectivity index (χ2v) is 5.10. The minimum atomic E-state index is -0.0841. The van der Waals surface area contributed by atoms with Gasteiger partial charge in [-0.25, -0.2) is 0 Å². The first-order chi connectivity index (χ1) is 8.70. The third kappa shape index (κ3) is 3.10. The summed E-state index contributed by atoms with van der Waals surface area (Å²) in [5.74, 6) is 0.130. The fourth-order valence-corrected chi connectivity index (χ4v) is 2.49. The highest BCUT2D eigenvalue weighted by Crippen LogP contribution is 2.16. The van der Waals surface area contributed by atoms with E-state index in [-0.39, 0.29) is 18.0 Å². The first kappa shape index (κ1) is 13.1. The largest absolute Gasteiger partial charge is 0.352 e. The van der Waals surface area contributed by atoms with Gasteiger partial charge in [0.05, 0.1) is 6.04 Å². The molecule has 1 aliphatic rings. The standard InChI is InChI=1S/C15H22N2O/c1-3-6-11(2)17-15(18)14-9-12-7-4-5-8-13(12)10-16-14/h4-5,7-8,11,14,16H,3,6,9-10H2,1-2H3,(H,17,18). The molecule has 2 unspecified atom stereocenters. The maximum Gasteiger partial charge on any atom is 0.237 e. The molecule has 1 amide bonds. The summed E-state index contributed by atoms with van der Waals surface area (Å²) in [6.07, 6.45) is 2.93. The van der Waals surface area contributed by atoms with Gasteiger partial charge >= 0.3 is 0 Å². The Bertz CT molecular complexity index is 417. The normalized spacial score (nSPS) is 20.0. The quantitative estimate of drug-likeness (QED) is 0.853. The number of fused-ring (bicyclic) bond motifs is 1. The van der Waals surface area contributed by atoms with Crippen molar-refractivity contribution in [2.75, 3.05) is 0 Å². The summed E-state index contributed by atoms with van der Waals surface area (Å²) in [5.41, 5.74) is 2.60. The molecule has 0 aliphatic carbocycles. The average Bonchev–Trinajstić information content (AvgIpc) is 2.38. The van der Waals surface area contributed by atoms with Crippen LogP contribution in [-0.2, 0) is 17.8 Å². The van der Waals surface area contributed by atoms with E-state index < -0.39 is 0 Å². The molecule has 2 N–H and O–H groups in total. The molecule has 0 saturated heterocycles. The van der Waals surface area contributed by atoms with Gasteiger partial charge in [-0.15, -0.1) is 0 Å². The number of hydrogen-bond acceptors (Lipinski definition) is 2. The highest BCUT2D eigenvalue weighted by molar-refractivity contribution is 5.82. The van der Waals surface area contributed by atoms with Crippen LogP contribution in [0.3, 0.4) is 0 Å². The number of carbonyl (C=O) groups excluding carboxylic acids is 1. The third-order valence-corrected chi connectivity index (χ3v) is 3.51. The summed E-state index contributed by atoms with van der Waals surface area (Å²) in [6.45, 7) is 4.99. The van der Waals surface area contributed by atoms with Crippen LogP contribution in [0.15, 0.2) is 24.3 Å². The first-order valence-electron chi connectivity index (χ1n) is 6.81. The molecule has 0 spiro atoms. The van der Waals surface area contributed by atoms with E-state index in [0.717, 1.165) is 25.8 Å². The molecule has 18 heavy (non-hydrogen) atoms. The van der Waals surface area contributed by atoms with Crippen LogP contribution in [0, 0.1) is 0 Å². The van der Waals surface area contributed by atoms with Gasteiger partial charge in [0.1, 0.15) is 0 Å². The highest BCUT2D eigenvalue weighted by Gasteiger charge is 2.24. The van der Waals surface area contributed by atoms with Crippen LogP contribution in [0.5, 0.6) is 0 Å². The Balaban J connectivity index is 1.94. The molecule has 2 atom stereocenters. The van der Waals surface area contributed by atoms with Crippen molar-refractivity contribution in [3.63, 3.8) is 0 Å². The summed E-state index contributed by atoms with van der Waals surface area (Å²) in [7, 11) is 0. The topological polar surface area (TPSA) is 41.1 Å². The molecule has 0 radical (unpaired) electrons. The van der Waals surface area contributed by atoms with Crippen molar-refractivity contribution in [2.45, 2.75) is 51.7 Å². The van der Waals surface area contributed by atoms with E-state index in [1.165, 1.54) is 11.1 Å². The lowest BCUT2D eigenvalue weighted by Gasteiger charge is -2.26. The Morgan fingerprint density at radius 2 is 2.17 bits per heavy atom. The molecule has 0 saturated carbocycles. The molecule has 1 aliphatic heterocycles. The van der Waals surface area contributed by atoms with E-state index in [4.69, 9.17) is 0 Å². The molecule has 98 valence electrons. The predicted octanol–water partition coefficient (Wildman–Crippen LogP) is 2.01. The monoisotopic (exact) mass is 246 g/mol. The molecular formula is C15H22N2O. The summed E-state index contributed by atoms with van der Waals surface area (Å²) < 4.78 is 0. The van der Waals surface area contributed by atoms with Crippen molar-refractivity contribution < 1.29 is 4.79 Å². The van der Waals surface area contributed by atoms with Gasteiger partial charge in [-0.2, -0.15) is 0 Å². The van der Waals surface area contributed by atoms with Gasteiger partial charge in [-0.05, 0) is 30.9 Å². The van der Waals surface area contributed by atoms with E-state index >= 15 is 0 Å². The van der Waals surface area contributed by atoms with E-state index in [2.05, 4.69) is 36.6 Å². The van der Waals surface area contributed by atoms with Crippen LogP contribution in [0.4, 0.5) is 0 Å². The molecule has 0 fully saturated rings. The second-order valence-electron chi connectivity index (χ2n) is 5.10. The van der Waals surface area contributed by atoms with Gasteiger partial charge in [0.2, 0.25) is 5.91 Å². The van der Waals surface area contributed by atoms with Crippen molar-refractivity contribution in [3.05, 3.63) is 35.4 Å². The Kier molecular flexibility index (Phi) is 4.37. The zero-order chi connectivity index (χ0) is 13.0. The van der Waals surface area contributed by atoms with Gasteiger partial charge in [-0.3, -0.25) is 4.79 Å². The van der Waals surface area contributed by atoms with Gasteiger partial charge < -0.3 is 10.6 Å². The minimum Gasteiger partial charge on any atom is -0.352 e. The Morgan fingerprint density at radius 3 is 2.89 bits per heavy atom. The van der Waals surface area contributed by atoms with Crippen molar-refractivity contribution in [1.82, 2.24) is 10.6 Å². The van der Waals surface area contributed by atoms with Crippen LogP contribution >= 0.6 is 0 Å². The molecule has 3 nitrogen and oxygen atoms in total. The fourth-order valence-electron chi connectivity index (χ4n) is 2.49. The molecule has 1 heterocycles. The first-order valence-corrected chi connectivity index (χ1v) is 6.81. The SMILES string of the molecule is CCCC(C)NC(=O)C1Cc2ccccc2CN1. The zero-order valence-electron chi connectivity index (χ0n) is 11.2. The van der Waals surface area contributed by atoms with Crippen molar-refractivity contribution in [3.8, 4) is 0 Å². The van der Waals surface area contributed by atoms with Crippen molar-refractivity contribution in [2.24, 2.45) is 0 Å². The van der Waals surface area contributed by atoms with Gasteiger partial charge in [-0.1, -0.05) is 37.6 Å². The zero-order valence-corrected chi connectivity index (χ0v) is 11.2. The number of amides is 1. The molecule has 0 bridgehead atoms. The van der Waals surface area contributed by atoms with Crippen LogP contribution in [0.1, 0.15) is 37.8 Å². The molecule has 0 aromatic heterocycles. The number of nitrogens with one attached hydrogen (secondary N) is 2. The molecule has 1 aromatic rings. The summed E-state index contributed by atoms with van der Waals surface area (Å²) in [4.78, 5) is 12.1. The van der Waals surface area contributed by atoms with Crippen molar-refractivity contribution >= 4 is 5.91 Å². The molecular weight excluding hydrogens is 224 g/mol. The lowest BCUT2D eigenvalue weighted by Crippen LogP contribution is -2.49. The van der Waals surface area contributed by atoms with E-state index in [1.54, 1.807) is 0 Å². The molecule has 3 heteroatoms. The predicted molar refractivity (Wildman–Crippen MR) is 73.3 cm³/mol. The Morgan fingerprint density at radius 1 is 1.44 bits per heavy atom. The smallest absolute Gasteiger partial charge is 0.237 e. The van der Waals surface area contributed by atoms with E-state index in [1.807, 2.05) is 12.1 Å². The fraction of sp³-hybridized carbons (Fsp3) is 0.533. The lowest BCUT2D eigenvalue weighted by atomic mass is 9.95. The molecule has 1 aromatic carbocycles. The number of hydrogen-bond donors (Lipinski definition) is 2. The highest BCUT2D eigenvalue weighted by atomic mass is 16.2. The van der Waals surface area contributed by atoms with Crippen LogP contribution < -0.4 is 10.6 Å². The van der Waals surface area contributed by atoms with Crippen LogP contribution in [0.25, 0.3) is 0 Å². The number of carbonyl (C=O) groups is 1. The van der Waals surface area contributed by atoms with Gasteiger partial charge in [0, 0.05) is 12.6 Å². The third-order valence-electron chi connectivity index (χ3n) is 3.51. The average molecular weight is 246 g/mol. The van der Waals surface area contributed by atoms with Gasteiger partial charge in [0.25, 0.3) is 0 Å². The maximum atomic E-state index is 12.1. The summed E-state index contributed by atoms with van der Waals surface area (Å²) in [6, 6.07) is 8.51. The maximum absolute atomic E-state index is 12.1. The summed E-state index contributed by atoms with van der Waals surface area (Å²) >= 11 is 0. The second kappa shape index (κ2) is 6.01. The van der Waals surface area contributed by atoms with Crippen molar-refractivity contribution in [1.29, 1.82) is 0 Å².